The summed E-state index contributed by atoms with van der Waals surface area (Å²) in [6.07, 6.45) is 5.07. The Bertz CT molecular complexity index is 1460. The molecule has 0 spiro atoms. The average molecular weight is 627 g/mol. The molecule has 13 heteroatoms. The van der Waals surface area contributed by atoms with E-state index in [0.29, 0.717) is 16.7 Å². The fourth-order valence-electron chi connectivity index (χ4n) is 5.05. The quantitative estimate of drug-likeness (QED) is 0.148. The van der Waals surface area contributed by atoms with Gasteiger partial charge in [-0.1, -0.05) is 30.4 Å². The number of carboxylic acids is 1. The molecule has 4 rings (SSSR count). The van der Waals surface area contributed by atoms with Crippen LogP contribution in [0.15, 0.2) is 57.8 Å². The van der Waals surface area contributed by atoms with Gasteiger partial charge in [-0.15, -0.1) is 29.2 Å². The molecular weight excluding hydrogens is 589 g/mol. The molecule has 0 fully saturated rings. The Hall–Kier alpha value is -2.80. The molecule has 0 aromatic heterocycles. The molecule has 2 atom stereocenters. The van der Waals surface area contributed by atoms with Crippen molar-refractivity contribution in [3.63, 3.8) is 0 Å². The first-order chi connectivity index (χ1) is 18.4. The molecule has 10 nitrogen and oxygen atoms in total. The van der Waals surface area contributed by atoms with E-state index in [-0.39, 0.29) is 54.9 Å². The zero-order valence-electron chi connectivity index (χ0n) is 23.0. The predicted octanol–water partition coefficient (Wildman–Crippen LogP) is 1.78. The Morgan fingerprint density at radius 3 is 2.41 bits per heavy atom. The summed E-state index contributed by atoms with van der Waals surface area (Å²) in [5, 5.41) is 12.5. The van der Waals surface area contributed by atoms with Crippen LogP contribution in [0.25, 0.3) is 0 Å². The summed E-state index contributed by atoms with van der Waals surface area (Å²) in [6.45, 7) is 3.79. The fourth-order valence-corrected chi connectivity index (χ4v) is 6.04. The Kier molecular flexibility index (Phi) is 11.7. The summed E-state index contributed by atoms with van der Waals surface area (Å²) in [5.74, 6) is -2.08. The van der Waals surface area contributed by atoms with Gasteiger partial charge in [0.2, 0.25) is 0 Å². The standard InChI is InChI=1S/C28H35N5O5S.2ClH/c1-18-5-6-19(16-24(29)25(34)28(27(35)36)11-3-4-12-31-28)15-23(18)26(30)32-39(37,38)22-8-7-20-9-13-33(2)14-10-21(20)17-22;;/h3-8,15,17,24,31H,9-14,16,29H2,1-2H3,(H2,30,32)(H,35,36);2*1H/t24?,28-;;/m1../s1. The van der Waals surface area contributed by atoms with Gasteiger partial charge in [-0.3, -0.25) is 10.1 Å². The minimum Gasteiger partial charge on any atom is -0.480 e. The number of likely N-dealkylation sites (N-methyl/N-ethyl adjacent to an activating group) is 1. The molecule has 0 saturated carbocycles. The highest BCUT2D eigenvalue weighted by Gasteiger charge is 2.47. The van der Waals surface area contributed by atoms with E-state index in [1.54, 1.807) is 49.4 Å². The summed E-state index contributed by atoms with van der Waals surface area (Å²) in [6, 6.07) is 9.13. The van der Waals surface area contributed by atoms with Crippen LogP contribution in [0.5, 0.6) is 0 Å². The van der Waals surface area contributed by atoms with Crippen LogP contribution >= 0.6 is 24.8 Å². The zero-order chi connectivity index (χ0) is 28.4. The number of hydrogen-bond donors (Lipinski definition) is 4. The first kappa shape index (κ1) is 34.4. The molecule has 0 radical (unpaired) electrons. The lowest BCUT2D eigenvalue weighted by Gasteiger charge is -2.32. The van der Waals surface area contributed by atoms with Crippen molar-refractivity contribution in [1.82, 2.24) is 10.2 Å². The maximum absolute atomic E-state index is 13.2. The molecule has 2 heterocycles. The Labute approximate surface area is 253 Å². The van der Waals surface area contributed by atoms with E-state index >= 15 is 0 Å². The van der Waals surface area contributed by atoms with Crippen LogP contribution in [-0.2, 0) is 38.9 Å². The van der Waals surface area contributed by atoms with Crippen LogP contribution in [-0.4, -0.2) is 74.3 Å². The number of nitrogens with zero attached hydrogens (tertiary/aromatic N) is 2. The van der Waals surface area contributed by atoms with E-state index in [2.05, 4.69) is 14.6 Å². The van der Waals surface area contributed by atoms with Crippen LogP contribution < -0.4 is 16.8 Å². The van der Waals surface area contributed by atoms with Gasteiger partial charge in [0.25, 0.3) is 10.0 Å². The lowest BCUT2D eigenvalue weighted by atomic mass is 9.82. The maximum Gasteiger partial charge on any atom is 0.332 e. The molecule has 2 aromatic rings. The number of ketones is 1. The Balaban J connectivity index is 0.00000294. The Morgan fingerprint density at radius 1 is 1.10 bits per heavy atom. The topological polar surface area (TPSA) is 168 Å². The SMILES string of the molecule is Cc1ccc(CC(N)C(=O)[C@@]2(C(=O)O)CC=CCN2)cc1C(N)=NS(=O)(=O)c1ccc2c(c1)CCN(C)CC2.Cl.Cl. The van der Waals surface area contributed by atoms with Crippen molar-refractivity contribution in [2.75, 3.05) is 26.7 Å². The molecule has 1 unspecified atom stereocenters. The number of sulfonamides is 1. The minimum absolute atomic E-state index is 0. The van der Waals surface area contributed by atoms with Gasteiger partial charge in [-0.05, 0) is 73.7 Å². The summed E-state index contributed by atoms with van der Waals surface area (Å²) < 4.78 is 30.3. The van der Waals surface area contributed by atoms with Crippen molar-refractivity contribution in [1.29, 1.82) is 0 Å². The number of carboxylic acid groups (broad SMARTS) is 1. The number of hydrogen-bond acceptors (Lipinski definition) is 7. The molecule has 0 amide bonds. The molecule has 6 N–H and O–H groups in total. The van der Waals surface area contributed by atoms with Crippen molar-refractivity contribution in [3.8, 4) is 0 Å². The smallest absolute Gasteiger partial charge is 0.332 e. The van der Waals surface area contributed by atoms with E-state index in [1.165, 1.54) is 0 Å². The lowest BCUT2D eigenvalue weighted by molar-refractivity contribution is -0.150. The second kappa shape index (κ2) is 13.9. The first-order valence-corrected chi connectivity index (χ1v) is 14.3. The van der Waals surface area contributed by atoms with Crippen molar-refractivity contribution < 1.29 is 23.1 Å². The number of Topliss-reactive ketones (excluding diaryl/α,β-unsaturated/α-hetero) is 1. The monoisotopic (exact) mass is 625 g/mol. The molecular formula is C28H37Cl2N5O5S. The van der Waals surface area contributed by atoms with Gasteiger partial charge < -0.3 is 21.5 Å². The number of nitrogens with two attached hydrogens (primary N) is 2. The number of nitrogens with one attached hydrogen (secondary N) is 1. The number of amidine groups is 1. The van der Waals surface area contributed by atoms with Crippen LogP contribution in [0.3, 0.4) is 0 Å². The molecule has 2 aromatic carbocycles. The number of rotatable bonds is 8. The van der Waals surface area contributed by atoms with E-state index in [9.17, 15) is 23.1 Å². The lowest BCUT2D eigenvalue weighted by Crippen LogP contribution is -2.63. The third kappa shape index (κ3) is 7.54. The number of fused-ring (bicyclic) bond motifs is 1. The highest BCUT2D eigenvalue weighted by atomic mass is 35.5. The molecule has 41 heavy (non-hydrogen) atoms. The molecule has 0 bridgehead atoms. The number of carbonyl (C=O) groups excluding carboxylic acids is 1. The number of aryl methyl sites for hydroxylation is 1. The largest absolute Gasteiger partial charge is 0.480 e. The van der Waals surface area contributed by atoms with E-state index in [4.69, 9.17) is 11.5 Å². The van der Waals surface area contributed by atoms with Gasteiger partial charge in [0.05, 0.1) is 10.9 Å². The Morgan fingerprint density at radius 2 is 1.78 bits per heavy atom. The third-order valence-corrected chi connectivity index (χ3v) is 8.77. The highest BCUT2D eigenvalue weighted by Crippen LogP contribution is 2.23. The van der Waals surface area contributed by atoms with Gasteiger partial charge in [0.15, 0.2) is 11.3 Å². The highest BCUT2D eigenvalue weighted by molar-refractivity contribution is 7.90. The van der Waals surface area contributed by atoms with Crippen LogP contribution in [0.1, 0.15) is 34.2 Å². The van der Waals surface area contributed by atoms with E-state index in [1.807, 2.05) is 13.1 Å². The van der Waals surface area contributed by atoms with Crippen molar-refractivity contribution in [2.24, 2.45) is 15.9 Å². The van der Waals surface area contributed by atoms with Crippen molar-refractivity contribution >= 4 is 52.4 Å². The normalized spacial score (nSPS) is 20.1. The molecule has 0 aliphatic carbocycles. The molecule has 224 valence electrons. The van der Waals surface area contributed by atoms with Gasteiger partial charge >= 0.3 is 5.97 Å². The second-order valence-electron chi connectivity index (χ2n) is 10.3. The minimum atomic E-state index is -4.07. The average Bonchev–Trinajstić information content (AvgIpc) is 3.10. The van der Waals surface area contributed by atoms with Gasteiger partial charge in [0, 0.05) is 31.6 Å². The number of carbonyl (C=O) groups is 2. The summed E-state index contributed by atoms with van der Waals surface area (Å²) >= 11 is 0. The van der Waals surface area contributed by atoms with E-state index < -0.39 is 33.4 Å². The van der Waals surface area contributed by atoms with E-state index in [0.717, 1.165) is 37.1 Å². The van der Waals surface area contributed by atoms with Crippen molar-refractivity contribution in [3.05, 3.63) is 76.4 Å². The number of benzene rings is 2. The van der Waals surface area contributed by atoms with Crippen LogP contribution in [0.4, 0.5) is 0 Å². The van der Waals surface area contributed by atoms with Gasteiger partial charge in [-0.2, -0.15) is 8.42 Å². The van der Waals surface area contributed by atoms with Crippen molar-refractivity contribution in [2.45, 2.75) is 49.1 Å². The van der Waals surface area contributed by atoms with Crippen LogP contribution in [0.2, 0.25) is 0 Å². The first-order valence-electron chi connectivity index (χ1n) is 12.9. The summed E-state index contributed by atoms with van der Waals surface area (Å²) in [7, 11) is -2.03. The van der Waals surface area contributed by atoms with Crippen LogP contribution in [0, 0.1) is 6.92 Å². The second-order valence-corrected chi connectivity index (χ2v) is 11.9. The molecule has 2 aliphatic heterocycles. The zero-order valence-corrected chi connectivity index (χ0v) is 25.4. The summed E-state index contributed by atoms with van der Waals surface area (Å²) in [5.41, 5.74) is 14.4. The maximum atomic E-state index is 13.2. The third-order valence-electron chi connectivity index (χ3n) is 7.49. The molecule has 0 saturated heterocycles. The number of halogens is 2. The summed E-state index contributed by atoms with van der Waals surface area (Å²) in [4.78, 5) is 27.4. The fraction of sp³-hybridized carbons (Fsp3) is 0.393. The molecule has 2 aliphatic rings. The van der Waals surface area contributed by atoms with Gasteiger partial charge in [0.1, 0.15) is 5.84 Å². The predicted molar refractivity (Wildman–Crippen MR) is 164 cm³/mol. The van der Waals surface area contributed by atoms with Gasteiger partial charge in [-0.25, -0.2) is 4.79 Å². The number of aliphatic carboxylic acids is 1.